The molecule has 2 amide bonds. The van der Waals surface area contributed by atoms with Crippen LogP contribution in [0.5, 0.6) is 5.75 Å². The molecule has 0 spiro atoms. The Morgan fingerprint density at radius 1 is 1.33 bits per heavy atom. The molecule has 1 heterocycles. The standard InChI is InChI=1S/C12H13ClN2O3/c1-12(6-14-10(16)11(17)15-12)8-5-7(13)3-4-9(8)18-2/h3-5H,6H2,1-2H3,(H,14,16)(H,15,17). The molecule has 6 heteroatoms. The highest BCUT2D eigenvalue weighted by Crippen LogP contribution is 2.32. The Morgan fingerprint density at radius 3 is 2.67 bits per heavy atom. The van der Waals surface area contributed by atoms with Crippen molar-refractivity contribution < 1.29 is 14.3 Å². The number of ether oxygens (including phenoxy) is 1. The summed E-state index contributed by atoms with van der Waals surface area (Å²) in [7, 11) is 1.54. The Kier molecular flexibility index (Phi) is 3.17. The van der Waals surface area contributed by atoms with E-state index in [1.165, 1.54) is 0 Å². The molecule has 1 saturated heterocycles. The highest BCUT2D eigenvalue weighted by atomic mass is 35.5. The average molecular weight is 269 g/mol. The maximum absolute atomic E-state index is 11.5. The van der Waals surface area contributed by atoms with Gasteiger partial charge in [-0.2, -0.15) is 0 Å². The lowest BCUT2D eigenvalue weighted by Crippen LogP contribution is -2.61. The Bertz CT molecular complexity index is 518. The van der Waals surface area contributed by atoms with E-state index in [1.54, 1.807) is 32.2 Å². The molecule has 2 N–H and O–H groups in total. The highest BCUT2D eigenvalue weighted by Gasteiger charge is 2.38. The van der Waals surface area contributed by atoms with Crippen molar-refractivity contribution in [2.75, 3.05) is 13.7 Å². The van der Waals surface area contributed by atoms with Gasteiger partial charge in [0, 0.05) is 17.1 Å². The second-order valence-electron chi connectivity index (χ2n) is 4.31. The van der Waals surface area contributed by atoms with E-state index in [-0.39, 0.29) is 6.54 Å². The smallest absolute Gasteiger partial charge is 0.310 e. The Labute approximate surface area is 109 Å². The first-order valence-corrected chi connectivity index (χ1v) is 5.78. The van der Waals surface area contributed by atoms with E-state index in [9.17, 15) is 9.59 Å². The fourth-order valence-corrected chi connectivity index (χ4v) is 2.13. The third-order valence-corrected chi connectivity index (χ3v) is 3.19. The van der Waals surface area contributed by atoms with Crippen molar-refractivity contribution in [3.63, 3.8) is 0 Å². The van der Waals surface area contributed by atoms with Crippen LogP contribution in [0.2, 0.25) is 5.02 Å². The van der Waals surface area contributed by atoms with Crippen LogP contribution in [-0.2, 0) is 15.1 Å². The molecule has 0 aromatic heterocycles. The molecule has 1 aromatic rings. The van der Waals surface area contributed by atoms with Crippen LogP contribution < -0.4 is 15.4 Å². The van der Waals surface area contributed by atoms with Crippen LogP contribution in [-0.4, -0.2) is 25.5 Å². The van der Waals surface area contributed by atoms with E-state index in [0.29, 0.717) is 10.8 Å². The molecule has 0 aliphatic carbocycles. The fourth-order valence-electron chi connectivity index (χ4n) is 1.96. The van der Waals surface area contributed by atoms with Gasteiger partial charge in [0.25, 0.3) is 0 Å². The molecule has 0 radical (unpaired) electrons. The van der Waals surface area contributed by atoms with Crippen molar-refractivity contribution in [3.05, 3.63) is 28.8 Å². The number of halogens is 1. The first-order valence-electron chi connectivity index (χ1n) is 5.40. The number of hydrogen-bond donors (Lipinski definition) is 2. The minimum Gasteiger partial charge on any atom is -0.496 e. The van der Waals surface area contributed by atoms with Crippen molar-refractivity contribution in [2.45, 2.75) is 12.5 Å². The van der Waals surface area contributed by atoms with Crippen molar-refractivity contribution >= 4 is 23.4 Å². The summed E-state index contributed by atoms with van der Waals surface area (Å²) >= 11 is 5.96. The topological polar surface area (TPSA) is 67.4 Å². The molecule has 96 valence electrons. The van der Waals surface area contributed by atoms with Crippen LogP contribution in [0, 0.1) is 0 Å². The van der Waals surface area contributed by atoms with Gasteiger partial charge in [-0.1, -0.05) is 11.6 Å². The second kappa shape index (κ2) is 4.49. The lowest BCUT2D eigenvalue weighted by molar-refractivity contribution is -0.142. The number of benzene rings is 1. The van der Waals surface area contributed by atoms with Gasteiger partial charge in [0.2, 0.25) is 0 Å². The molecule has 1 atom stereocenters. The minimum absolute atomic E-state index is 0.286. The van der Waals surface area contributed by atoms with Crippen LogP contribution >= 0.6 is 11.6 Å². The van der Waals surface area contributed by atoms with Gasteiger partial charge >= 0.3 is 11.8 Å². The molecule has 0 bridgehead atoms. The summed E-state index contributed by atoms with van der Waals surface area (Å²) in [4.78, 5) is 22.6. The maximum atomic E-state index is 11.5. The van der Waals surface area contributed by atoms with Gasteiger partial charge in [0.05, 0.1) is 12.6 Å². The van der Waals surface area contributed by atoms with E-state index in [2.05, 4.69) is 10.6 Å². The van der Waals surface area contributed by atoms with Gasteiger partial charge in [-0.15, -0.1) is 0 Å². The summed E-state index contributed by atoms with van der Waals surface area (Å²) in [6, 6.07) is 5.15. The molecule has 1 fully saturated rings. The van der Waals surface area contributed by atoms with Crippen LogP contribution in [0.3, 0.4) is 0 Å². The summed E-state index contributed by atoms with van der Waals surface area (Å²) < 4.78 is 5.26. The number of nitrogens with one attached hydrogen (secondary N) is 2. The monoisotopic (exact) mass is 268 g/mol. The summed E-state index contributed by atoms with van der Waals surface area (Å²) in [5.41, 5.74) is -0.00725. The number of rotatable bonds is 2. The normalized spacial score (nSPS) is 23.3. The molecular weight excluding hydrogens is 256 g/mol. The Morgan fingerprint density at radius 2 is 2.06 bits per heavy atom. The van der Waals surface area contributed by atoms with Crippen LogP contribution in [0.25, 0.3) is 0 Å². The summed E-state index contributed by atoms with van der Waals surface area (Å²) in [6.45, 7) is 2.09. The maximum Gasteiger partial charge on any atom is 0.310 e. The van der Waals surface area contributed by atoms with Crippen molar-refractivity contribution in [3.8, 4) is 5.75 Å². The third-order valence-electron chi connectivity index (χ3n) is 2.95. The number of carbonyl (C=O) groups excluding carboxylic acids is 2. The van der Waals surface area contributed by atoms with Gasteiger partial charge in [-0.05, 0) is 25.1 Å². The lowest BCUT2D eigenvalue weighted by atomic mass is 9.89. The zero-order chi connectivity index (χ0) is 13.3. The molecule has 1 aliphatic heterocycles. The minimum atomic E-state index is -0.735. The molecule has 18 heavy (non-hydrogen) atoms. The first kappa shape index (κ1) is 12.7. The molecule has 1 unspecified atom stereocenters. The number of methoxy groups -OCH3 is 1. The molecule has 1 aliphatic rings. The zero-order valence-corrected chi connectivity index (χ0v) is 10.8. The van der Waals surface area contributed by atoms with Crippen molar-refractivity contribution in [2.24, 2.45) is 0 Å². The van der Waals surface area contributed by atoms with Crippen LogP contribution in [0.15, 0.2) is 18.2 Å². The van der Waals surface area contributed by atoms with Gasteiger partial charge in [0.1, 0.15) is 5.75 Å². The first-order chi connectivity index (χ1) is 8.46. The summed E-state index contributed by atoms with van der Waals surface area (Å²) in [5, 5.41) is 5.75. The summed E-state index contributed by atoms with van der Waals surface area (Å²) in [5.74, 6) is -0.683. The van der Waals surface area contributed by atoms with E-state index in [0.717, 1.165) is 5.56 Å². The molecular formula is C12H13ClN2O3. The third kappa shape index (κ3) is 2.13. The SMILES string of the molecule is COc1ccc(Cl)cc1C1(C)CNC(=O)C(=O)N1. The second-order valence-corrected chi connectivity index (χ2v) is 4.75. The zero-order valence-electron chi connectivity index (χ0n) is 10.0. The number of piperazine rings is 1. The van der Waals surface area contributed by atoms with Crippen molar-refractivity contribution in [1.82, 2.24) is 10.6 Å². The van der Waals surface area contributed by atoms with Crippen LogP contribution in [0.1, 0.15) is 12.5 Å². The molecule has 1 aromatic carbocycles. The van der Waals surface area contributed by atoms with Gasteiger partial charge in [-0.25, -0.2) is 0 Å². The van der Waals surface area contributed by atoms with Crippen LogP contribution in [0.4, 0.5) is 0 Å². The predicted octanol–water partition coefficient (Wildman–Crippen LogP) is 0.810. The largest absolute Gasteiger partial charge is 0.496 e. The predicted molar refractivity (Wildman–Crippen MR) is 66.5 cm³/mol. The highest BCUT2D eigenvalue weighted by molar-refractivity contribution is 6.36. The Hall–Kier alpha value is -1.75. The lowest BCUT2D eigenvalue weighted by Gasteiger charge is -2.35. The number of carbonyl (C=O) groups is 2. The Balaban J connectivity index is 2.44. The van der Waals surface area contributed by atoms with Gasteiger partial charge in [-0.3, -0.25) is 9.59 Å². The van der Waals surface area contributed by atoms with E-state index < -0.39 is 17.4 Å². The van der Waals surface area contributed by atoms with E-state index in [4.69, 9.17) is 16.3 Å². The average Bonchev–Trinajstić information content (AvgIpc) is 2.34. The molecule has 2 rings (SSSR count). The van der Waals surface area contributed by atoms with Gasteiger partial charge < -0.3 is 15.4 Å². The van der Waals surface area contributed by atoms with Crippen molar-refractivity contribution in [1.29, 1.82) is 0 Å². The molecule has 5 nitrogen and oxygen atoms in total. The quantitative estimate of drug-likeness (QED) is 0.780. The number of hydrogen-bond acceptors (Lipinski definition) is 3. The number of amides is 2. The molecule has 0 saturated carbocycles. The summed E-state index contributed by atoms with van der Waals surface area (Å²) in [6.07, 6.45) is 0. The van der Waals surface area contributed by atoms with E-state index >= 15 is 0 Å². The van der Waals surface area contributed by atoms with E-state index in [1.807, 2.05) is 0 Å². The van der Waals surface area contributed by atoms with Gasteiger partial charge in [0.15, 0.2) is 0 Å². The fraction of sp³-hybridized carbons (Fsp3) is 0.333.